The lowest BCUT2D eigenvalue weighted by Crippen LogP contribution is -2.29. The van der Waals surface area contributed by atoms with Gasteiger partial charge in [0.2, 0.25) is 10.0 Å². The summed E-state index contributed by atoms with van der Waals surface area (Å²) in [5, 5.41) is 0.453. The molecule has 0 amide bonds. The molecule has 3 heterocycles. The molecule has 0 saturated carbocycles. The van der Waals surface area contributed by atoms with Crippen LogP contribution in [-0.4, -0.2) is 54.1 Å². The highest BCUT2D eigenvalue weighted by atomic mass is 35.5. The molecule has 7 nitrogen and oxygen atoms in total. The lowest BCUT2D eigenvalue weighted by Gasteiger charge is -2.17. The molecule has 3 aromatic rings. The van der Waals surface area contributed by atoms with Crippen LogP contribution in [0.25, 0.3) is 11.2 Å². The normalized spacial score (nSPS) is 18.0. The van der Waals surface area contributed by atoms with E-state index < -0.39 is 10.0 Å². The number of sulfonamides is 1. The Bertz CT molecular complexity index is 1150. The van der Waals surface area contributed by atoms with Crippen LogP contribution in [0.4, 0.5) is 0 Å². The monoisotopic (exact) mass is 434 g/mol. The van der Waals surface area contributed by atoms with Gasteiger partial charge in [-0.2, -0.15) is 4.31 Å². The van der Waals surface area contributed by atoms with Crippen molar-refractivity contribution in [1.29, 1.82) is 0 Å². The Morgan fingerprint density at radius 3 is 2.90 bits per heavy atom. The van der Waals surface area contributed by atoms with E-state index in [1.165, 1.54) is 10.4 Å². The van der Waals surface area contributed by atoms with Gasteiger partial charge in [0, 0.05) is 43.9 Å². The second-order valence-electron chi connectivity index (χ2n) is 7.22. The number of aryl methyl sites for hydroxylation is 1. The molecule has 0 spiro atoms. The van der Waals surface area contributed by atoms with E-state index in [1.54, 1.807) is 25.4 Å². The van der Waals surface area contributed by atoms with Crippen LogP contribution in [0.3, 0.4) is 0 Å². The van der Waals surface area contributed by atoms with Gasteiger partial charge in [0.25, 0.3) is 0 Å². The van der Waals surface area contributed by atoms with Crippen LogP contribution in [0, 0.1) is 6.92 Å². The van der Waals surface area contributed by atoms with E-state index in [9.17, 15) is 8.42 Å². The van der Waals surface area contributed by atoms with Gasteiger partial charge in [-0.15, -0.1) is 0 Å². The van der Waals surface area contributed by atoms with Crippen molar-refractivity contribution in [2.75, 3.05) is 26.8 Å². The number of ether oxygens (including phenoxy) is 1. The number of nitrogens with zero attached hydrogens (tertiary/aromatic N) is 4. The highest BCUT2D eigenvalue weighted by Gasteiger charge is 2.35. The van der Waals surface area contributed by atoms with Gasteiger partial charge in [0.1, 0.15) is 11.3 Å². The molecule has 1 aliphatic heterocycles. The minimum absolute atomic E-state index is 0.00301. The molecule has 1 atom stereocenters. The van der Waals surface area contributed by atoms with Crippen molar-refractivity contribution < 1.29 is 13.2 Å². The number of benzene rings is 1. The molecule has 1 aromatic carbocycles. The third-order valence-electron chi connectivity index (χ3n) is 5.35. The van der Waals surface area contributed by atoms with Crippen LogP contribution in [0.1, 0.15) is 23.7 Å². The first kappa shape index (κ1) is 20.3. The van der Waals surface area contributed by atoms with Crippen molar-refractivity contribution in [3.8, 4) is 0 Å². The van der Waals surface area contributed by atoms with Crippen LogP contribution < -0.4 is 0 Å². The van der Waals surface area contributed by atoms with Gasteiger partial charge >= 0.3 is 0 Å². The quantitative estimate of drug-likeness (QED) is 0.595. The summed E-state index contributed by atoms with van der Waals surface area (Å²) in [5.41, 5.74) is 2.46. The fourth-order valence-corrected chi connectivity index (χ4v) is 5.50. The molecule has 154 valence electrons. The predicted molar refractivity (Wildman–Crippen MR) is 112 cm³/mol. The molecule has 9 heteroatoms. The second kappa shape index (κ2) is 8.02. The Labute approximate surface area is 175 Å². The van der Waals surface area contributed by atoms with Crippen LogP contribution >= 0.6 is 11.6 Å². The smallest absolute Gasteiger partial charge is 0.243 e. The predicted octanol–water partition coefficient (Wildman–Crippen LogP) is 3.22. The maximum atomic E-state index is 13.1. The van der Waals surface area contributed by atoms with Crippen molar-refractivity contribution in [3.05, 3.63) is 52.9 Å². The van der Waals surface area contributed by atoms with Gasteiger partial charge < -0.3 is 9.30 Å². The number of rotatable bonds is 6. The topological polar surface area (TPSA) is 77.3 Å². The Kier molecular flexibility index (Phi) is 5.61. The maximum absolute atomic E-state index is 13.1. The van der Waals surface area contributed by atoms with E-state index in [4.69, 9.17) is 21.3 Å². The zero-order valence-electron chi connectivity index (χ0n) is 16.4. The van der Waals surface area contributed by atoms with Gasteiger partial charge in [-0.3, -0.25) is 0 Å². The number of halogens is 1. The number of hydrogen-bond acceptors (Lipinski definition) is 5. The third kappa shape index (κ3) is 3.77. The number of imidazole rings is 1. The van der Waals surface area contributed by atoms with Crippen molar-refractivity contribution in [1.82, 2.24) is 18.8 Å². The van der Waals surface area contributed by atoms with Crippen LogP contribution in [-0.2, 0) is 21.3 Å². The third-order valence-corrected chi connectivity index (χ3v) is 7.62. The molecule has 1 saturated heterocycles. The maximum Gasteiger partial charge on any atom is 0.243 e. The summed E-state index contributed by atoms with van der Waals surface area (Å²) in [7, 11) is -1.95. The highest BCUT2D eigenvalue weighted by molar-refractivity contribution is 7.89. The van der Waals surface area contributed by atoms with Gasteiger partial charge in [-0.1, -0.05) is 17.7 Å². The Morgan fingerprint density at radius 1 is 1.31 bits per heavy atom. The SMILES string of the molecule is COCCn1c(C2CCN(S(=O)(=O)c3ccc(C)c(Cl)c3)C2)nc2cccnc21. The average Bonchev–Trinajstić information content (AvgIpc) is 3.33. The first-order chi connectivity index (χ1) is 13.9. The minimum Gasteiger partial charge on any atom is -0.383 e. The zero-order chi connectivity index (χ0) is 20.6. The summed E-state index contributed by atoms with van der Waals surface area (Å²) in [6, 6.07) is 8.65. The van der Waals surface area contributed by atoms with Crippen molar-refractivity contribution in [2.45, 2.75) is 30.7 Å². The van der Waals surface area contributed by atoms with Gasteiger partial charge in [-0.25, -0.2) is 18.4 Å². The lowest BCUT2D eigenvalue weighted by molar-refractivity contribution is 0.187. The molecule has 0 aliphatic carbocycles. The molecule has 29 heavy (non-hydrogen) atoms. The molecule has 0 radical (unpaired) electrons. The molecular formula is C20H23ClN4O3S. The van der Waals surface area contributed by atoms with Crippen LogP contribution in [0.15, 0.2) is 41.4 Å². The number of aromatic nitrogens is 3. The van der Waals surface area contributed by atoms with E-state index in [1.807, 2.05) is 23.6 Å². The van der Waals surface area contributed by atoms with E-state index in [2.05, 4.69) is 4.98 Å². The van der Waals surface area contributed by atoms with Gasteiger partial charge in [0.15, 0.2) is 5.65 Å². The summed E-state index contributed by atoms with van der Waals surface area (Å²) in [6.07, 6.45) is 2.44. The standard InChI is InChI=1S/C20H23ClN4O3S/c1-14-5-6-16(12-17(14)21)29(26,27)24-9-7-15(13-24)19-23-18-4-3-8-22-20(18)25(19)10-11-28-2/h3-6,8,12,15H,7,9-11,13H2,1-2H3. The first-order valence-corrected chi connectivity index (χ1v) is 11.3. The molecular weight excluding hydrogens is 412 g/mol. The number of methoxy groups -OCH3 is 1. The van der Waals surface area contributed by atoms with E-state index >= 15 is 0 Å². The molecule has 0 N–H and O–H groups in total. The largest absolute Gasteiger partial charge is 0.383 e. The summed E-state index contributed by atoms with van der Waals surface area (Å²) >= 11 is 6.15. The number of hydrogen-bond donors (Lipinski definition) is 0. The number of pyridine rings is 1. The van der Waals surface area contributed by atoms with Crippen molar-refractivity contribution in [3.63, 3.8) is 0 Å². The Balaban J connectivity index is 1.63. The van der Waals surface area contributed by atoms with Gasteiger partial charge in [0.05, 0.1) is 11.5 Å². The number of fused-ring (bicyclic) bond motifs is 1. The molecule has 4 rings (SSSR count). The molecule has 2 aromatic heterocycles. The van der Waals surface area contributed by atoms with Crippen molar-refractivity contribution >= 4 is 32.8 Å². The fraction of sp³-hybridized carbons (Fsp3) is 0.400. The summed E-state index contributed by atoms with van der Waals surface area (Å²) < 4.78 is 35.0. The minimum atomic E-state index is -3.61. The van der Waals surface area contributed by atoms with Crippen LogP contribution in [0.5, 0.6) is 0 Å². The summed E-state index contributed by atoms with van der Waals surface area (Å²) in [6.45, 7) is 3.83. The van der Waals surface area contributed by atoms with Crippen molar-refractivity contribution in [2.24, 2.45) is 0 Å². The van der Waals surface area contributed by atoms with E-state index in [0.29, 0.717) is 37.7 Å². The first-order valence-electron chi connectivity index (χ1n) is 9.48. The average molecular weight is 435 g/mol. The Morgan fingerprint density at radius 2 is 2.14 bits per heavy atom. The molecule has 0 bridgehead atoms. The van der Waals surface area contributed by atoms with E-state index in [0.717, 1.165) is 22.6 Å². The van der Waals surface area contributed by atoms with Crippen LogP contribution in [0.2, 0.25) is 5.02 Å². The molecule has 1 aliphatic rings. The summed E-state index contributed by atoms with van der Waals surface area (Å²) in [5.74, 6) is 0.854. The Hall–Kier alpha value is -2.00. The lowest BCUT2D eigenvalue weighted by atomic mass is 10.1. The van der Waals surface area contributed by atoms with Gasteiger partial charge in [-0.05, 0) is 43.2 Å². The van der Waals surface area contributed by atoms with E-state index in [-0.39, 0.29) is 10.8 Å². The molecule has 1 fully saturated rings. The highest BCUT2D eigenvalue weighted by Crippen LogP contribution is 2.33. The second-order valence-corrected chi connectivity index (χ2v) is 9.57. The fourth-order valence-electron chi connectivity index (χ4n) is 3.73. The summed E-state index contributed by atoms with van der Waals surface area (Å²) in [4.78, 5) is 9.45. The molecule has 1 unspecified atom stereocenters. The zero-order valence-corrected chi connectivity index (χ0v) is 17.9.